The van der Waals surface area contributed by atoms with Crippen LogP contribution < -0.4 is 5.73 Å². The Morgan fingerprint density at radius 1 is 1.39 bits per heavy atom. The van der Waals surface area contributed by atoms with E-state index in [9.17, 15) is 9.59 Å². The van der Waals surface area contributed by atoms with E-state index >= 15 is 0 Å². The van der Waals surface area contributed by atoms with Crippen molar-refractivity contribution in [2.45, 2.75) is 18.9 Å². The number of hydrogen-bond donors (Lipinski definition) is 1. The average molecular weight is 315 g/mol. The lowest BCUT2D eigenvalue weighted by Crippen LogP contribution is -2.41. The second-order valence-corrected chi connectivity index (χ2v) is 5.30. The lowest BCUT2D eigenvalue weighted by Gasteiger charge is -2.22. The van der Waals surface area contributed by atoms with E-state index in [1.807, 2.05) is 0 Å². The van der Waals surface area contributed by atoms with Crippen molar-refractivity contribution in [3.8, 4) is 5.82 Å². The van der Waals surface area contributed by atoms with Crippen molar-refractivity contribution < 1.29 is 14.3 Å². The fourth-order valence-electron chi connectivity index (χ4n) is 2.64. The number of likely N-dealkylation sites (tertiary alicyclic amines) is 1. The standard InChI is InChI=1S/C15H17N5O3/c16-15(22)20-6-1-2-12(20)9-23-14(21)11-3-4-18-13(8-11)19-7-5-17-10-19/h3-5,7-8,10,12H,1-2,6,9H2,(H2,16,22)/t12-/m0/s1. The number of esters is 1. The highest BCUT2D eigenvalue weighted by Gasteiger charge is 2.28. The summed E-state index contributed by atoms with van der Waals surface area (Å²) in [7, 11) is 0. The first-order chi connectivity index (χ1) is 11.1. The Kier molecular flexibility index (Phi) is 4.22. The average Bonchev–Trinajstić information content (AvgIpc) is 3.24. The lowest BCUT2D eigenvalue weighted by molar-refractivity contribution is 0.0422. The Morgan fingerprint density at radius 2 is 2.26 bits per heavy atom. The van der Waals surface area contributed by atoms with Crippen LogP contribution in [0.5, 0.6) is 0 Å². The number of hydrogen-bond acceptors (Lipinski definition) is 5. The normalized spacial score (nSPS) is 17.2. The van der Waals surface area contributed by atoms with Crippen LogP contribution in [0, 0.1) is 0 Å². The van der Waals surface area contributed by atoms with Gasteiger partial charge in [0, 0.05) is 25.1 Å². The zero-order chi connectivity index (χ0) is 16.2. The minimum Gasteiger partial charge on any atom is -0.460 e. The number of nitrogens with two attached hydrogens (primary N) is 1. The number of amides is 2. The summed E-state index contributed by atoms with van der Waals surface area (Å²) in [6, 6.07) is 2.59. The molecule has 0 aromatic carbocycles. The lowest BCUT2D eigenvalue weighted by atomic mass is 10.2. The van der Waals surface area contributed by atoms with Gasteiger partial charge in [0.1, 0.15) is 18.8 Å². The maximum absolute atomic E-state index is 12.2. The molecule has 2 aromatic heterocycles. The van der Waals surface area contributed by atoms with Gasteiger partial charge in [0.05, 0.1) is 11.6 Å². The van der Waals surface area contributed by atoms with Gasteiger partial charge in [0.25, 0.3) is 0 Å². The molecule has 0 radical (unpaired) electrons. The predicted molar refractivity (Wildman–Crippen MR) is 81.0 cm³/mol. The van der Waals surface area contributed by atoms with Gasteiger partial charge in [-0.2, -0.15) is 0 Å². The van der Waals surface area contributed by atoms with Crippen LogP contribution in [-0.2, 0) is 4.74 Å². The summed E-state index contributed by atoms with van der Waals surface area (Å²) in [5.41, 5.74) is 5.70. The molecule has 1 aliphatic heterocycles. The molecule has 0 bridgehead atoms. The van der Waals surface area contributed by atoms with E-state index in [1.54, 1.807) is 35.4 Å². The van der Waals surface area contributed by atoms with Gasteiger partial charge in [-0.3, -0.25) is 4.57 Å². The molecule has 3 heterocycles. The molecule has 1 aliphatic rings. The van der Waals surface area contributed by atoms with E-state index in [-0.39, 0.29) is 12.6 Å². The van der Waals surface area contributed by atoms with Gasteiger partial charge in [-0.05, 0) is 25.0 Å². The van der Waals surface area contributed by atoms with Gasteiger partial charge >= 0.3 is 12.0 Å². The first kappa shape index (κ1) is 15.0. The Hall–Kier alpha value is -2.90. The number of aromatic nitrogens is 3. The summed E-state index contributed by atoms with van der Waals surface area (Å²) in [5, 5.41) is 0. The van der Waals surface area contributed by atoms with Crippen molar-refractivity contribution in [2.24, 2.45) is 5.73 Å². The van der Waals surface area contributed by atoms with Gasteiger partial charge in [-0.15, -0.1) is 0 Å². The smallest absolute Gasteiger partial charge is 0.338 e. The van der Waals surface area contributed by atoms with Crippen molar-refractivity contribution in [1.29, 1.82) is 0 Å². The van der Waals surface area contributed by atoms with Crippen molar-refractivity contribution in [3.05, 3.63) is 42.6 Å². The van der Waals surface area contributed by atoms with Crippen LogP contribution in [0.1, 0.15) is 23.2 Å². The van der Waals surface area contributed by atoms with Crippen LogP contribution in [0.25, 0.3) is 5.82 Å². The summed E-state index contributed by atoms with van der Waals surface area (Å²) in [6.07, 6.45) is 8.15. The van der Waals surface area contributed by atoms with Gasteiger partial charge < -0.3 is 15.4 Å². The van der Waals surface area contributed by atoms with Crippen molar-refractivity contribution in [1.82, 2.24) is 19.4 Å². The quantitative estimate of drug-likeness (QED) is 0.847. The molecule has 1 fully saturated rings. The molecule has 2 amide bonds. The number of pyridine rings is 1. The summed E-state index contributed by atoms with van der Waals surface area (Å²) in [5.74, 6) is 0.127. The molecule has 2 N–H and O–H groups in total. The highest BCUT2D eigenvalue weighted by molar-refractivity contribution is 5.89. The van der Waals surface area contributed by atoms with E-state index in [1.165, 1.54) is 11.1 Å². The third kappa shape index (κ3) is 3.31. The number of primary amides is 1. The summed E-state index contributed by atoms with van der Waals surface area (Å²) in [6.45, 7) is 0.752. The maximum Gasteiger partial charge on any atom is 0.338 e. The fraction of sp³-hybridized carbons (Fsp3) is 0.333. The highest BCUT2D eigenvalue weighted by atomic mass is 16.5. The first-order valence-corrected chi connectivity index (χ1v) is 7.33. The number of nitrogens with zero attached hydrogens (tertiary/aromatic N) is 4. The molecule has 8 heteroatoms. The van der Waals surface area contributed by atoms with E-state index in [4.69, 9.17) is 10.5 Å². The number of rotatable bonds is 4. The molecule has 0 aliphatic carbocycles. The van der Waals surface area contributed by atoms with Crippen LogP contribution in [0.15, 0.2) is 37.1 Å². The van der Waals surface area contributed by atoms with Crippen LogP contribution in [0.3, 0.4) is 0 Å². The monoisotopic (exact) mass is 315 g/mol. The molecule has 0 saturated carbocycles. The van der Waals surface area contributed by atoms with E-state index < -0.39 is 12.0 Å². The minimum absolute atomic E-state index is 0.143. The van der Waals surface area contributed by atoms with Crippen LogP contribution in [-0.4, -0.2) is 50.6 Å². The summed E-state index contributed by atoms with van der Waals surface area (Å²) in [4.78, 5) is 33.1. The van der Waals surface area contributed by atoms with Crippen LogP contribution in [0.2, 0.25) is 0 Å². The molecule has 0 spiro atoms. The summed E-state index contributed by atoms with van der Waals surface area (Å²) < 4.78 is 7.02. The molecule has 2 aromatic rings. The minimum atomic E-state index is -0.477. The van der Waals surface area contributed by atoms with E-state index in [0.717, 1.165) is 12.8 Å². The molecule has 1 atom stereocenters. The van der Waals surface area contributed by atoms with E-state index in [0.29, 0.717) is 17.9 Å². The molecule has 3 rings (SSSR count). The van der Waals surface area contributed by atoms with Gasteiger partial charge in [0.2, 0.25) is 0 Å². The second-order valence-electron chi connectivity index (χ2n) is 5.30. The zero-order valence-corrected chi connectivity index (χ0v) is 12.5. The largest absolute Gasteiger partial charge is 0.460 e. The molecule has 23 heavy (non-hydrogen) atoms. The Labute approximate surface area is 132 Å². The maximum atomic E-state index is 12.2. The molecule has 0 unspecified atom stereocenters. The van der Waals surface area contributed by atoms with Gasteiger partial charge in [-0.25, -0.2) is 19.6 Å². The second kappa shape index (κ2) is 6.47. The van der Waals surface area contributed by atoms with Gasteiger partial charge in [-0.1, -0.05) is 0 Å². The number of imidazole rings is 1. The third-order valence-corrected chi connectivity index (χ3v) is 3.82. The zero-order valence-electron chi connectivity index (χ0n) is 12.5. The van der Waals surface area contributed by atoms with E-state index in [2.05, 4.69) is 9.97 Å². The number of ether oxygens (including phenoxy) is 1. The Bertz CT molecular complexity index is 701. The Morgan fingerprint density at radius 3 is 3.00 bits per heavy atom. The molecule has 1 saturated heterocycles. The molecular formula is C15H17N5O3. The number of carbonyl (C=O) groups is 2. The number of carbonyl (C=O) groups excluding carboxylic acids is 2. The van der Waals surface area contributed by atoms with Crippen molar-refractivity contribution in [3.63, 3.8) is 0 Å². The summed E-state index contributed by atoms with van der Waals surface area (Å²) >= 11 is 0. The third-order valence-electron chi connectivity index (χ3n) is 3.82. The fourth-order valence-corrected chi connectivity index (χ4v) is 2.64. The van der Waals surface area contributed by atoms with Crippen molar-refractivity contribution in [2.75, 3.05) is 13.2 Å². The van der Waals surface area contributed by atoms with Crippen LogP contribution in [0.4, 0.5) is 4.79 Å². The van der Waals surface area contributed by atoms with Crippen LogP contribution >= 0.6 is 0 Å². The number of urea groups is 1. The van der Waals surface area contributed by atoms with Gasteiger partial charge in [0.15, 0.2) is 0 Å². The topological polar surface area (TPSA) is 103 Å². The molecule has 120 valence electrons. The SMILES string of the molecule is NC(=O)N1CCC[C@H]1COC(=O)c1ccnc(-n2ccnc2)c1. The first-order valence-electron chi connectivity index (χ1n) is 7.33. The molecule has 8 nitrogen and oxygen atoms in total. The van der Waals surface area contributed by atoms with Crippen molar-refractivity contribution >= 4 is 12.0 Å². The highest BCUT2D eigenvalue weighted by Crippen LogP contribution is 2.17. The molecular weight excluding hydrogens is 298 g/mol. The Balaban J connectivity index is 1.65. The predicted octanol–water partition coefficient (Wildman–Crippen LogP) is 0.967.